The van der Waals surface area contributed by atoms with Gasteiger partial charge in [-0.3, -0.25) is 4.79 Å². The van der Waals surface area contributed by atoms with Crippen LogP contribution in [0.1, 0.15) is 33.7 Å². The molecular formula is C31H30O10. The fourth-order valence-corrected chi connectivity index (χ4v) is 4.77. The summed E-state index contributed by atoms with van der Waals surface area (Å²) in [6.45, 7) is 7.42. The number of ether oxygens (including phenoxy) is 6. The number of carbonyl (C=O) groups excluding carboxylic acids is 1. The monoisotopic (exact) mass is 562 g/mol. The lowest BCUT2D eigenvalue weighted by atomic mass is 9.92. The Labute approximate surface area is 236 Å². The van der Waals surface area contributed by atoms with E-state index in [4.69, 9.17) is 28.4 Å². The lowest BCUT2D eigenvalue weighted by Crippen LogP contribution is -2.37. The van der Waals surface area contributed by atoms with Gasteiger partial charge in [0.1, 0.15) is 36.0 Å². The Morgan fingerprint density at radius 1 is 0.854 bits per heavy atom. The van der Waals surface area contributed by atoms with E-state index >= 15 is 0 Å². The van der Waals surface area contributed by atoms with Crippen molar-refractivity contribution in [3.8, 4) is 40.2 Å². The molecule has 214 valence electrons. The molecule has 0 bridgehead atoms. The van der Waals surface area contributed by atoms with Crippen molar-refractivity contribution in [2.45, 2.75) is 24.4 Å². The molecule has 0 fully saturated rings. The van der Waals surface area contributed by atoms with Crippen LogP contribution in [-0.4, -0.2) is 60.2 Å². The molecule has 0 aliphatic carbocycles. The van der Waals surface area contributed by atoms with Crippen LogP contribution in [0.4, 0.5) is 0 Å². The van der Waals surface area contributed by atoms with E-state index in [2.05, 4.69) is 13.2 Å². The number of benzene rings is 3. The number of phenols is 1. The topological polar surface area (TPSA) is 133 Å². The Kier molecular flexibility index (Phi) is 8.04. The highest BCUT2D eigenvalue weighted by atomic mass is 16.6. The zero-order valence-corrected chi connectivity index (χ0v) is 22.3. The van der Waals surface area contributed by atoms with Crippen molar-refractivity contribution in [2.24, 2.45) is 0 Å². The van der Waals surface area contributed by atoms with Crippen LogP contribution in [0.2, 0.25) is 0 Å². The first kappa shape index (κ1) is 27.9. The number of hydrogen-bond acceptors (Lipinski definition) is 10. The van der Waals surface area contributed by atoms with Gasteiger partial charge in [-0.1, -0.05) is 37.4 Å². The number of Topliss-reactive ketones (excluding diaryl/α,β-unsaturated/α-hetero) is 1. The summed E-state index contributed by atoms with van der Waals surface area (Å²) >= 11 is 0. The molecule has 3 N–H and O–H groups in total. The van der Waals surface area contributed by atoms with Crippen molar-refractivity contribution in [2.75, 3.05) is 26.9 Å². The lowest BCUT2D eigenvalue weighted by molar-refractivity contribution is -0.0130. The van der Waals surface area contributed by atoms with Crippen LogP contribution in [-0.2, 0) is 0 Å². The zero-order valence-electron chi connectivity index (χ0n) is 22.3. The van der Waals surface area contributed by atoms with Gasteiger partial charge < -0.3 is 43.7 Å². The Bertz CT molecular complexity index is 1470. The summed E-state index contributed by atoms with van der Waals surface area (Å²) in [6, 6.07) is 12.9. The van der Waals surface area contributed by atoms with E-state index in [1.807, 2.05) is 0 Å². The molecule has 41 heavy (non-hydrogen) atoms. The number of carbonyl (C=O) groups is 1. The average molecular weight is 563 g/mol. The van der Waals surface area contributed by atoms with Crippen LogP contribution in [0, 0.1) is 0 Å². The van der Waals surface area contributed by atoms with E-state index in [1.54, 1.807) is 48.6 Å². The Morgan fingerprint density at radius 2 is 1.56 bits per heavy atom. The number of fused-ring (bicyclic) bond motifs is 2. The van der Waals surface area contributed by atoms with E-state index in [1.165, 1.54) is 19.2 Å². The van der Waals surface area contributed by atoms with Crippen molar-refractivity contribution in [1.29, 1.82) is 0 Å². The second-order valence-corrected chi connectivity index (χ2v) is 9.36. The third kappa shape index (κ3) is 5.39. The molecule has 0 aromatic heterocycles. The number of methoxy groups -OCH3 is 1. The molecule has 10 nitrogen and oxygen atoms in total. The van der Waals surface area contributed by atoms with Crippen LogP contribution in [0.15, 0.2) is 73.8 Å². The highest BCUT2D eigenvalue weighted by Gasteiger charge is 2.40. The van der Waals surface area contributed by atoms with Crippen LogP contribution >= 0.6 is 0 Å². The Balaban J connectivity index is 1.45. The number of aliphatic hydroxyl groups excluding tert-OH is 2. The summed E-state index contributed by atoms with van der Waals surface area (Å²) in [6.07, 6.45) is -0.970. The van der Waals surface area contributed by atoms with Gasteiger partial charge in [0.2, 0.25) is 5.78 Å². The SMILES string of the molecule is C=CCOc1cc(O)c2c(c1)O[C@H](c1ccc3c(c1)OC(c1ccc(OCC=C)c(OC)c1)C(CO)O3)[C@@H](O)C2=O. The van der Waals surface area contributed by atoms with Gasteiger partial charge in [-0.15, -0.1) is 0 Å². The molecule has 2 heterocycles. The van der Waals surface area contributed by atoms with Gasteiger partial charge in [-0.2, -0.15) is 0 Å². The van der Waals surface area contributed by atoms with E-state index in [9.17, 15) is 20.1 Å². The standard InChI is InChI=1S/C31H30O10/c1-4-10-37-19-14-20(33)27-25(15-19)41-31(29(35)28(27)34)18-7-9-22-24(13-18)40-30(26(16-32)39-22)17-6-8-21(38-11-5-2)23(12-17)36-3/h4-9,12-15,26,29-33,35H,1-2,10-11,16H2,3H3/t26?,29-,30?,31+/m0/s1. The highest BCUT2D eigenvalue weighted by molar-refractivity contribution is 6.05. The number of aromatic hydroxyl groups is 1. The molecule has 0 radical (unpaired) electrons. The van der Waals surface area contributed by atoms with Crippen molar-refractivity contribution >= 4 is 5.78 Å². The summed E-state index contributed by atoms with van der Waals surface area (Å²) < 4.78 is 34.9. The van der Waals surface area contributed by atoms with Gasteiger partial charge in [0, 0.05) is 17.7 Å². The van der Waals surface area contributed by atoms with Gasteiger partial charge in [0.05, 0.1) is 13.7 Å². The minimum atomic E-state index is -1.59. The molecule has 2 unspecified atom stereocenters. The lowest BCUT2D eigenvalue weighted by Gasteiger charge is -2.35. The first-order chi connectivity index (χ1) is 19.9. The Hall–Kier alpha value is -4.67. The molecule has 3 aromatic carbocycles. The minimum Gasteiger partial charge on any atom is -0.507 e. The van der Waals surface area contributed by atoms with Crippen LogP contribution in [0.25, 0.3) is 0 Å². The minimum absolute atomic E-state index is 0.0725. The first-order valence-electron chi connectivity index (χ1n) is 12.9. The van der Waals surface area contributed by atoms with E-state index < -0.39 is 30.2 Å². The normalized spacial score (nSPS) is 20.8. The van der Waals surface area contributed by atoms with Crippen molar-refractivity contribution in [3.05, 3.63) is 90.5 Å². The van der Waals surface area contributed by atoms with Crippen LogP contribution in [0.3, 0.4) is 0 Å². The molecule has 3 aromatic rings. The molecule has 10 heteroatoms. The average Bonchev–Trinajstić information content (AvgIpc) is 2.99. The number of hydrogen-bond donors (Lipinski definition) is 3. The second-order valence-electron chi connectivity index (χ2n) is 9.36. The number of phenolic OH excluding ortho intramolecular Hbond substituents is 1. The van der Waals surface area contributed by atoms with Crippen molar-refractivity contribution in [1.82, 2.24) is 0 Å². The molecule has 2 aliphatic heterocycles. The molecule has 0 spiro atoms. The fraction of sp³-hybridized carbons (Fsp3) is 0.258. The summed E-state index contributed by atoms with van der Waals surface area (Å²) in [5.74, 6) is 0.987. The number of rotatable bonds is 10. The summed E-state index contributed by atoms with van der Waals surface area (Å²) in [7, 11) is 1.52. The fourth-order valence-electron chi connectivity index (χ4n) is 4.77. The van der Waals surface area contributed by atoms with Crippen molar-refractivity contribution < 1.29 is 48.5 Å². The smallest absolute Gasteiger partial charge is 0.202 e. The molecule has 5 rings (SSSR count). The quantitative estimate of drug-likeness (QED) is 0.311. The summed E-state index contributed by atoms with van der Waals surface area (Å²) in [4.78, 5) is 13.0. The number of ketones is 1. The zero-order chi connectivity index (χ0) is 29.1. The molecule has 4 atom stereocenters. The predicted molar refractivity (Wildman–Crippen MR) is 148 cm³/mol. The van der Waals surface area contributed by atoms with E-state index in [0.717, 1.165) is 0 Å². The second kappa shape index (κ2) is 11.8. The molecular weight excluding hydrogens is 532 g/mol. The van der Waals surface area contributed by atoms with Crippen molar-refractivity contribution in [3.63, 3.8) is 0 Å². The summed E-state index contributed by atoms with van der Waals surface area (Å²) in [5.41, 5.74) is 0.976. The van der Waals surface area contributed by atoms with Gasteiger partial charge in [-0.25, -0.2) is 0 Å². The van der Waals surface area contributed by atoms with Gasteiger partial charge in [0.25, 0.3) is 0 Å². The predicted octanol–water partition coefficient (Wildman–Crippen LogP) is 4.08. The van der Waals surface area contributed by atoms with Gasteiger partial charge in [0.15, 0.2) is 47.4 Å². The molecule has 0 amide bonds. The van der Waals surface area contributed by atoms with Crippen LogP contribution < -0.4 is 28.4 Å². The molecule has 2 aliphatic rings. The maximum atomic E-state index is 13.0. The van der Waals surface area contributed by atoms with E-state index in [-0.39, 0.29) is 36.0 Å². The van der Waals surface area contributed by atoms with Crippen LogP contribution in [0.5, 0.6) is 40.2 Å². The van der Waals surface area contributed by atoms with Gasteiger partial charge in [-0.05, 0) is 29.8 Å². The highest BCUT2D eigenvalue weighted by Crippen LogP contribution is 2.46. The third-order valence-electron chi connectivity index (χ3n) is 6.70. The number of aliphatic hydroxyl groups is 2. The molecule has 0 saturated heterocycles. The largest absolute Gasteiger partial charge is 0.507 e. The summed E-state index contributed by atoms with van der Waals surface area (Å²) in [5, 5.41) is 31.4. The van der Waals surface area contributed by atoms with Gasteiger partial charge >= 0.3 is 0 Å². The first-order valence-corrected chi connectivity index (χ1v) is 12.9. The van der Waals surface area contributed by atoms with E-state index in [0.29, 0.717) is 40.7 Å². The third-order valence-corrected chi connectivity index (χ3v) is 6.70. The maximum absolute atomic E-state index is 13.0. The maximum Gasteiger partial charge on any atom is 0.202 e. The Morgan fingerprint density at radius 3 is 2.29 bits per heavy atom. The molecule has 0 saturated carbocycles.